The summed E-state index contributed by atoms with van der Waals surface area (Å²) >= 11 is 0. The maximum Gasteiger partial charge on any atom is 0.227 e. The van der Waals surface area contributed by atoms with Crippen LogP contribution in [-0.2, 0) is 16.1 Å². The van der Waals surface area contributed by atoms with Crippen LogP contribution in [0.5, 0.6) is 0 Å². The van der Waals surface area contributed by atoms with Crippen LogP contribution in [0.4, 0.5) is 0 Å². The Kier molecular flexibility index (Phi) is 3.14. The summed E-state index contributed by atoms with van der Waals surface area (Å²) in [6.07, 6.45) is 4.83. The zero-order chi connectivity index (χ0) is 13.3. The van der Waals surface area contributed by atoms with Crippen LogP contribution in [0.15, 0.2) is 18.3 Å². The molecule has 1 aromatic rings. The monoisotopic (exact) mass is 261 g/mol. The molecule has 2 aliphatic heterocycles. The minimum absolute atomic E-state index is 0.0777. The molecule has 3 heterocycles. The van der Waals surface area contributed by atoms with Crippen molar-refractivity contribution < 1.29 is 9.59 Å². The number of nitrogens with one attached hydrogen (secondary N) is 2. The van der Waals surface area contributed by atoms with Crippen molar-refractivity contribution in [3.8, 4) is 0 Å². The molecular weight excluding hydrogens is 242 g/mol. The lowest BCUT2D eigenvalue weighted by Crippen LogP contribution is -2.49. The fourth-order valence-corrected chi connectivity index (χ4v) is 3.23. The van der Waals surface area contributed by atoms with Crippen LogP contribution in [0.25, 0.3) is 0 Å². The smallest absolute Gasteiger partial charge is 0.227 e. The number of aromatic nitrogens is 1. The summed E-state index contributed by atoms with van der Waals surface area (Å²) in [6, 6.07) is 4.09. The van der Waals surface area contributed by atoms with Gasteiger partial charge in [-0.2, -0.15) is 0 Å². The van der Waals surface area contributed by atoms with E-state index in [1.807, 2.05) is 12.3 Å². The topological polar surface area (TPSA) is 65.2 Å². The predicted molar refractivity (Wildman–Crippen MR) is 70.1 cm³/mol. The summed E-state index contributed by atoms with van der Waals surface area (Å²) < 4.78 is 0. The third kappa shape index (κ3) is 2.71. The SMILES string of the molecule is O=C1CC2(CCN(Cc3ccc[nH]3)CC2)CC(=O)N1. The molecule has 2 saturated heterocycles. The Hall–Kier alpha value is -1.62. The van der Waals surface area contributed by atoms with Gasteiger partial charge in [0.15, 0.2) is 0 Å². The first kappa shape index (κ1) is 12.4. The van der Waals surface area contributed by atoms with Crippen LogP contribution in [0.1, 0.15) is 31.4 Å². The lowest BCUT2D eigenvalue weighted by molar-refractivity contribution is -0.139. The second-order valence-corrected chi connectivity index (χ2v) is 5.80. The highest BCUT2D eigenvalue weighted by molar-refractivity contribution is 5.98. The maximum atomic E-state index is 11.5. The van der Waals surface area contributed by atoms with Crippen molar-refractivity contribution in [1.29, 1.82) is 0 Å². The Morgan fingerprint density at radius 2 is 1.84 bits per heavy atom. The molecule has 0 atom stereocenters. The van der Waals surface area contributed by atoms with Gasteiger partial charge in [0.1, 0.15) is 0 Å². The first-order chi connectivity index (χ1) is 9.15. The molecule has 1 spiro atoms. The van der Waals surface area contributed by atoms with Crippen LogP contribution >= 0.6 is 0 Å². The fourth-order valence-electron chi connectivity index (χ4n) is 3.23. The Morgan fingerprint density at radius 3 is 2.42 bits per heavy atom. The number of nitrogens with zero attached hydrogens (tertiary/aromatic N) is 1. The number of aromatic amines is 1. The number of likely N-dealkylation sites (tertiary alicyclic amines) is 1. The average Bonchev–Trinajstić information content (AvgIpc) is 2.84. The van der Waals surface area contributed by atoms with Gasteiger partial charge in [-0.05, 0) is 43.5 Å². The number of carbonyl (C=O) groups is 2. The summed E-state index contributed by atoms with van der Waals surface area (Å²) in [5.41, 5.74) is 1.14. The van der Waals surface area contributed by atoms with Crippen LogP contribution in [0, 0.1) is 5.41 Å². The molecule has 2 fully saturated rings. The molecule has 0 bridgehead atoms. The van der Waals surface area contributed by atoms with Crippen molar-refractivity contribution in [2.24, 2.45) is 5.41 Å². The van der Waals surface area contributed by atoms with Crippen LogP contribution in [0.3, 0.4) is 0 Å². The van der Waals surface area contributed by atoms with E-state index in [4.69, 9.17) is 0 Å². The molecule has 0 saturated carbocycles. The number of piperidine rings is 2. The quantitative estimate of drug-likeness (QED) is 0.782. The highest BCUT2D eigenvalue weighted by Gasteiger charge is 2.41. The van der Waals surface area contributed by atoms with Gasteiger partial charge in [-0.25, -0.2) is 0 Å². The van der Waals surface area contributed by atoms with E-state index >= 15 is 0 Å². The van der Waals surface area contributed by atoms with E-state index in [1.165, 1.54) is 5.69 Å². The molecule has 0 unspecified atom stereocenters. The summed E-state index contributed by atoms with van der Waals surface area (Å²) in [5, 5.41) is 2.40. The number of amides is 2. The van der Waals surface area contributed by atoms with Gasteiger partial charge < -0.3 is 4.98 Å². The lowest BCUT2D eigenvalue weighted by atomic mass is 9.71. The molecule has 102 valence electrons. The molecule has 2 aliphatic rings. The fraction of sp³-hybridized carbons (Fsp3) is 0.571. The highest BCUT2D eigenvalue weighted by atomic mass is 16.2. The largest absolute Gasteiger partial charge is 0.364 e. The van der Waals surface area contributed by atoms with Crippen molar-refractivity contribution in [2.75, 3.05) is 13.1 Å². The van der Waals surface area contributed by atoms with Crippen LogP contribution < -0.4 is 5.32 Å². The molecule has 2 amide bonds. The molecule has 19 heavy (non-hydrogen) atoms. The van der Waals surface area contributed by atoms with Gasteiger partial charge in [0.05, 0.1) is 0 Å². The molecule has 3 rings (SSSR count). The zero-order valence-electron chi connectivity index (χ0n) is 10.9. The molecule has 0 radical (unpaired) electrons. The molecule has 2 N–H and O–H groups in total. The van der Waals surface area contributed by atoms with E-state index in [-0.39, 0.29) is 17.2 Å². The summed E-state index contributed by atoms with van der Waals surface area (Å²) in [7, 11) is 0. The van der Waals surface area contributed by atoms with Gasteiger partial charge in [0.2, 0.25) is 11.8 Å². The Labute approximate surface area is 112 Å². The maximum absolute atomic E-state index is 11.5. The first-order valence-corrected chi connectivity index (χ1v) is 6.83. The van der Waals surface area contributed by atoms with Gasteiger partial charge in [0, 0.05) is 31.3 Å². The normalized spacial score (nSPS) is 23.6. The van der Waals surface area contributed by atoms with Crippen molar-refractivity contribution in [1.82, 2.24) is 15.2 Å². The summed E-state index contributed by atoms with van der Waals surface area (Å²) in [5.74, 6) is -0.205. The number of hydrogen-bond acceptors (Lipinski definition) is 3. The number of imide groups is 1. The lowest BCUT2D eigenvalue weighted by Gasteiger charge is -2.42. The second-order valence-electron chi connectivity index (χ2n) is 5.80. The van der Waals surface area contributed by atoms with Crippen molar-refractivity contribution in [2.45, 2.75) is 32.2 Å². The van der Waals surface area contributed by atoms with E-state index in [1.54, 1.807) is 0 Å². The second kappa shape index (κ2) is 4.81. The molecular formula is C14H19N3O2. The average molecular weight is 261 g/mol. The molecule has 1 aromatic heterocycles. The van der Waals surface area contributed by atoms with Gasteiger partial charge >= 0.3 is 0 Å². The minimum Gasteiger partial charge on any atom is -0.364 e. The van der Waals surface area contributed by atoms with Crippen LogP contribution in [-0.4, -0.2) is 34.8 Å². The standard InChI is InChI=1S/C14H19N3O2/c18-12-8-14(9-13(19)16-12)3-6-17(7-4-14)10-11-2-1-5-15-11/h1-2,5,15H,3-4,6-10H2,(H,16,18,19). The first-order valence-electron chi connectivity index (χ1n) is 6.83. The van der Waals surface area contributed by atoms with E-state index in [2.05, 4.69) is 21.3 Å². The van der Waals surface area contributed by atoms with E-state index < -0.39 is 0 Å². The third-order valence-electron chi connectivity index (χ3n) is 4.32. The van der Waals surface area contributed by atoms with Gasteiger partial charge in [0.25, 0.3) is 0 Å². The summed E-state index contributed by atoms with van der Waals surface area (Å²) in [6.45, 7) is 2.84. The minimum atomic E-state index is -0.103. The van der Waals surface area contributed by atoms with Gasteiger partial charge in [-0.15, -0.1) is 0 Å². The van der Waals surface area contributed by atoms with Crippen LogP contribution in [0.2, 0.25) is 0 Å². The Bertz CT molecular complexity index is 455. The van der Waals surface area contributed by atoms with Crippen molar-refractivity contribution in [3.05, 3.63) is 24.0 Å². The van der Waals surface area contributed by atoms with Crippen molar-refractivity contribution in [3.63, 3.8) is 0 Å². The van der Waals surface area contributed by atoms with Gasteiger partial charge in [-0.3, -0.25) is 19.8 Å². The number of H-pyrrole nitrogens is 1. The molecule has 0 aliphatic carbocycles. The number of rotatable bonds is 2. The molecule has 5 heteroatoms. The van der Waals surface area contributed by atoms with Gasteiger partial charge in [-0.1, -0.05) is 0 Å². The number of carbonyl (C=O) groups excluding carboxylic acids is 2. The third-order valence-corrected chi connectivity index (χ3v) is 4.32. The van der Waals surface area contributed by atoms with E-state index in [0.29, 0.717) is 12.8 Å². The Balaban J connectivity index is 1.59. The van der Waals surface area contributed by atoms with E-state index in [9.17, 15) is 9.59 Å². The Morgan fingerprint density at radius 1 is 1.16 bits per heavy atom. The molecule has 0 aromatic carbocycles. The predicted octanol–water partition coefficient (Wildman–Crippen LogP) is 1.03. The zero-order valence-corrected chi connectivity index (χ0v) is 10.9. The van der Waals surface area contributed by atoms with E-state index in [0.717, 1.165) is 32.5 Å². The summed E-state index contributed by atoms with van der Waals surface area (Å²) in [4.78, 5) is 28.7. The molecule has 5 nitrogen and oxygen atoms in total. The number of hydrogen-bond donors (Lipinski definition) is 2. The van der Waals surface area contributed by atoms with Crippen molar-refractivity contribution >= 4 is 11.8 Å². The highest BCUT2D eigenvalue weighted by Crippen LogP contribution is 2.40.